The predicted molar refractivity (Wildman–Crippen MR) is 108 cm³/mol. The predicted octanol–water partition coefficient (Wildman–Crippen LogP) is 3.94. The molecule has 0 aliphatic heterocycles. The van der Waals surface area contributed by atoms with E-state index in [1.165, 1.54) is 16.3 Å². The van der Waals surface area contributed by atoms with E-state index in [2.05, 4.69) is 24.3 Å². The molecule has 0 heterocycles. The van der Waals surface area contributed by atoms with Crippen molar-refractivity contribution in [1.82, 2.24) is 0 Å². The van der Waals surface area contributed by atoms with Crippen LogP contribution in [0.2, 0.25) is 0 Å². The summed E-state index contributed by atoms with van der Waals surface area (Å²) in [4.78, 5) is 10.6. The fourth-order valence-corrected chi connectivity index (χ4v) is 3.35. The SMILES string of the molecule is Cc1ccc([C@H](C)C(=O)O)cc1.N[C@@H]1c2cc3ccccc3cc2C[C@@H]1O. The second-order valence-electron chi connectivity index (χ2n) is 7.17. The molecule has 4 nitrogen and oxygen atoms in total. The second kappa shape index (κ2) is 7.91. The zero-order valence-electron chi connectivity index (χ0n) is 15.6. The fourth-order valence-electron chi connectivity index (χ4n) is 3.35. The number of carbonyl (C=O) groups is 1. The zero-order valence-corrected chi connectivity index (χ0v) is 15.6. The molecule has 27 heavy (non-hydrogen) atoms. The van der Waals surface area contributed by atoms with Gasteiger partial charge in [0, 0.05) is 6.42 Å². The van der Waals surface area contributed by atoms with E-state index in [0.29, 0.717) is 6.42 Å². The first kappa shape index (κ1) is 19.1. The maximum atomic E-state index is 10.6. The van der Waals surface area contributed by atoms with Crippen LogP contribution in [0.5, 0.6) is 0 Å². The molecule has 3 aromatic carbocycles. The van der Waals surface area contributed by atoms with E-state index in [0.717, 1.165) is 16.7 Å². The third kappa shape index (κ3) is 4.18. The van der Waals surface area contributed by atoms with E-state index in [9.17, 15) is 9.90 Å². The highest BCUT2D eigenvalue weighted by Crippen LogP contribution is 2.32. The second-order valence-corrected chi connectivity index (χ2v) is 7.17. The van der Waals surface area contributed by atoms with Crippen LogP contribution in [0.3, 0.4) is 0 Å². The average Bonchev–Trinajstić information content (AvgIpc) is 2.94. The third-order valence-electron chi connectivity index (χ3n) is 5.16. The molecule has 3 atom stereocenters. The Labute approximate surface area is 159 Å². The molecule has 0 aromatic heterocycles. The van der Waals surface area contributed by atoms with Crippen LogP contribution in [0, 0.1) is 6.92 Å². The lowest BCUT2D eigenvalue weighted by molar-refractivity contribution is -0.138. The fraction of sp³-hybridized carbons (Fsp3) is 0.261. The number of nitrogens with two attached hydrogens (primary N) is 1. The Bertz CT molecular complexity index is 949. The molecule has 3 aromatic rings. The number of fused-ring (bicyclic) bond motifs is 2. The van der Waals surface area contributed by atoms with Crippen molar-refractivity contribution in [3.05, 3.63) is 82.9 Å². The lowest BCUT2D eigenvalue weighted by Crippen LogP contribution is -2.21. The third-order valence-corrected chi connectivity index (χ3v) is 5.16. The zero-order chi connectivity index (χ0) is 19.6. The van der Waals surface area contributed by atoms with Gasteiger partial charge in [-0.15, -0.1) is 0 Å². The lowest BCUT2D eigenvalue weighted by atomic mass is 10.0. The molecule has 4 heteroatoms. The molecule has 1 aliphatic rings. The van der Waals surface area contributed by atoms with Crippen molar-refractivity contribution in [3.8, 4) is 0 Å². The summed E-state index contributed by atoms with van der Waals surface area (Å²) in [5.74, 6) is -1.19. The van der Waals surface area contributed by atoms with Crippen LogP contribution >= 0.6 is 0 Å². The van der Waals surface area contributed by atoms with Crippen molar-refractivity contribution in [3.63, 3.8) is 0 Å². The van der Waals surface area contributed by atoms with E-state index in [4.69, 9.17) is 10.8 Å². The van der Waals surface area contributed by atoms with Crippen molar-refractivity contribution in [2.45, 2.75) is 38.3 Å². The molecule has 0 amide bonds. The highest BCUT2D eigenvalue weighted by atomic mass is 16.4. The van der Waals surface area contributed by atoms with Crippen molar-refractivity contribution in [2.24, 2.45) is 5.73 Å². The molecule has 1 aliphatic carbocycles. The van der Waals surface area contributed by atoms with Gasteiger partial charge in [-0.2, -0.15) is 0 Å². The Morgan fingerprint density at radius 3 is 2.26 bits per heavy atom. The van der Waals surface area contributed by atoms with E-state index in [1.54, 1.807) is 6.92 Å². The van der Waals surface area contributed by atoms with Gasteiger partial charge in [-0.3, -0.25) is 4.79 Å². The molecule has 4 rings (SSSR count). The minimum atomic E-state index is -0.779. The number of aliphatic hydroxyl groups is 1. The number of carboxylic acid groups (broad SMARTS) is 1. The van der Waals surface area contributed by atoms with Gasteiger partial charge in [0.1, 0.15) is 0 Å². The Morgan fingerprint density at radius 2 is 1.67 bits per heavy atom. The molecule has 0 saturated carbocycles. The maximum Gasteiger partial charge on any atom is 0.310 e. The van der Waals surface area contributed by atoms with E-state index >= 15 is 0 Å². The average molecular weight is 363 g/mol. The maximum absolute atomic E-state index is 10.6. The van der Waals surface area contributed by atoms with Crippen molar-refractivity contribution < 1.29 is 15.0 Å². The largest absolute Gasteiger partial charge is 0.481 e. The summed E-state index contributed by atoms with van der Waals surface area (Å²) in [7, 11) is 0. The van der Waals surface area contributed by atoms with Gasteiger partial charge < -0.3 is 15.9 Å². The summed E-state index contributed by atoms with van der Waals surface area (Å²) >= 11 is 0. The number of hydrogen-bond donors (Lipinski definition) is 3. The summed E-state index contributed by atoms with van der Waals surface area (Å²) in [6.45, 7) is 3.67. The molecule has 0 radical (unpaired) electrons. The molecule has 0 saturated heterocycles. The van der Waals surface area contributed by atoms with Gasteiger partial charge in [-0.1, -0.05) is 60.2 Å². The molecular formula is C23H25NO3. The first-order valence-corrected chi connectivity index (χ1v) is 9.11. The number of benzene rings is 3. The number of rotatable bonds is 2. The van der Waals surface area contributed by atoms with Crippen LogP contribution < -0.4 is 5.73 Å². The van der Waals surface area contributed by atoms with Crippen molar-refractivity contribution >= 4 is 16.7 Å². The van der Waals surface area contributed by atoms with Crippen LogP contribution in [0.25, 0.3) is 10.8 Å². The summed E-state index contributed by atoms with van der Waals surface area (Å²) in [6.07, 6.45) is 0.262. The van der Waals surface area contributed by atoms with Crippen LogP contribution in [0.15, 0.2) is 60.7 Å². The standard InChI is InChI=1S/C13H13NO.C10H12O2/c14-13-11-6-9-4-2-1-3-8(9)5-10(11)7-12(13)15;1-7-3-5-9(6-4-7)8(2)10(11)12/h1-6,12-13,15H,7,14H2;3-6,8H,1-2H3,(H,11,12)/t12-,13+;8-/m00/s1. The number of aryl methyl sites for hydroxylation is 1. The highest BCUT2D eigenvalue weighted by molar-refractivity contribution is 5.84. The first-order chi connectivity index (χ1) is 12.9. The van der Waals surface area contributed by atoms with Gasteiger partial charge in [0.25, 0.3) is 0 Å². The minimum Gasteiger partial charge on any atom is -0.481 e. The quantitative estimate of drug-likeness (QED) is 0.644. The van der Waals surface area contributed by atoms with Gasteiger partial charge >= 0.3 is 5.97 Å². The van der Waals surface area contributed by atoms with E-state index < -0.39 is 18.0 Å². The van der Waals surface area contributed by atoms with Crippen LogP contribution in [-0.4, -0.2) is 22.3 Å². The van der Waals surface area contributed by atoms with E-state index in [-0.39, 0.29) is 6.04 Å². The van der Waals surface area contributed by atoms with Gasteiger partial charge in [0.2, 0.25) is 0 Å². The summed E-state index contributed by atoms with van der Waals surface area (Å²) in [5.41, 5.74) is 10.2. The number of carboxylic acids is 1. The normalized spacial score (nSPS) is 19.1. The molecule has 0 unspecified atom stereocenters. The van der Waals surface area contributed by atoms with Crippen LogP contribution in [-0.2, 0) is 11.2 Å². The summed E-state index contributed by atoms with van der Waals surface area (Å²) in [5, 5.41) is 20.8. The Hall–Kier alpha value is -2.69. The number of aliphatic carboxylic acids is 1. The smallest absolute Gasteiger partial charge is 0.310 e. The van der Waals surface area contributed by atoms with Gasteiger partial charge in [0.15, 0.2) is 0 Å². The van der Waals surface area contributed by atoms with Crippen LogP contribution in [0.4, 0.5) is 0 Å². The first-order valence-electron chi connectivity index (χ1n) is 9.11. The number of aliphatic hydroxyl groups excluding tert-OH is 1. The Kier molecular flexibility index (Phi) is 5.59. The van der Waals surface area contributed by atoms with Crippen molar-refractivity contribution in [2.75, 3.05) is 0 Å². The molecule has 140 valence electrons. The van der Waals surface area contributed by atoms with Crippen molar-refractivity contribution in [1.29, 1.82) is 0 Å². The molecule has 0 spiro atoms. The monoisotopic (exact) mass is 363 g/mol. The summed E-state index contributed by atoms with van der Waals surface area (Å²) in [6, 6.07) is 19.8. The van der Waals surface area contributed by atoms with Gasteiger partial charge in [-0.25, -0.2) is 0 Å². The molecule has 0 fully saturated rings. The molecule has 4 N–H and O–H groups in total. The van der Waals surface area contributed by atoms with Gasteiger partial charge in [0.05, 0.1) is 18.1 Å². The lowest BCUT2D eigenvalue weighted by Gasteiger charge is -2.09. The Balaban J connectivity index is 0.000000161. The highest BCUT2D eigenvalue weighted by Gasteiger charge is 2.27. The van der Waals surface area contributed by atoms with E-state index in [1.807, 2.05) is 43.3 Å². The topological polar surface area (TPSA) is 83.5 Å². The molecular weight excluding hydrogens is 338 g/mol. The summed E-state index contributed by atoms with van der Waals surface area (Å²) < 4.78 is 0. The number of hydrogen-bond acceptors (Lipinski definition) is 3. The minimum absolute atomic E-state index is 0.218. The Morgan fingerprint density at radius 1 is 1.07 bits per heavy atom. The van der Waals surface area contributed by atoms with Gasteiger partial charge in [-0.05, 0) is 47.4 Å². The molecule has 0 bridgehead atoms. The van der Waals surface area contributed by atoms with Crippen LogP contribution in [0.1, 0.15) is 41.1 Å².